The van der Waals surface area contributed by atoms with Crippen molar-refractivity contribution in [1.82, 2.24) is 14.3 Å². The van der Waals surface area contributed by atoms with Crippen LogP contribution in [0.4, 0.5) is 5.13 Å². The Kier molecular flexibility index (Phi) is 4.71. The minimum absolute atomic E-state index is 0.0196. The SMILES string of the molecule is CCc1nsc(N2CCN(CCS(N)(=O)=O)CC2)n1. The zero-order valence-electron chi connectivity index (χ0n) is 10.9. The van der Waals surface area contributed by atoms with Gasteiger partial charge in [0.25, 0.3) is 0 Å². The Balaban J connectivity index is 1.82. The number of nitrogens with zero attached hydrogens (tertiary/aromatic N) is 4. The van der Waals surface area contributed by atoms with E-state index in [0.29, 0.717) is 6.54 Å². The fourth-order valence-electron chi connectivity index (χ4n) is 1.94. The lowest BCUT2D eigenvalue weighted by molar-refractivity contribution is 0.272. The van der Waals surface area contributed by atoms with E-state index in [1.54, 1.807) is 0 Å². The summed E-state index contributed by atoms with van der Waals surface area (Å²) in [4.78, 5) is 8.77. The van der Waals surface area contributed by atoms with Crippen LogP contribution >= 0.6 is 11.5 Å². The molecule has 1 aromatic rings. The molecule has 0 bridgehead atoms. The second-order valence-electron chi connectivity index (χ2n) is 4.54. The van der Waals surface area contributed by atoms with E-state index < -0.39 is 10.0 Å². The predicted octanol–water partition coefficient (Wildman–Crippen LogP) is -0.489. The summed E-state index contributed by atoms with van der Waals surface area (Å²) in [5, 5.41) is 5.97. The van der Waals surface area contributed by atoms with E-state index in [0.717, 1.165) is 43.6 Å². The number of sulfonamides is 1. The molecule has 0 atom stereocenters. The molecule has 2 rings (SSSR count). The van der Waals surface area contributed by atoms with Crippen molar-refractivity contribution >= 4 is 26.7 Å². The Morgan fingerprint density at radius 2 is 2.00 bits per heavy atom. The van der Waals surface area contributed by atoms with Gasteiger partial charge in [0, 0.05) is 50.7 Å². The monoisotopic (exact) mass is 305 g/mol. The number of aryl methyl sites for hydroxylation is 1. The normalized spacial score (nSPS) is 17.9. The van der Waals surface area contributed by atoms with E-state index >= 15 is 0 Å². The van der Waals surface area contributed by atoms with Gasteiger partial charge in [-0.3, -0.25) is 4.90 Å². The van der Waals surface area contributed by atoms with Crippen LogP contribution in [0.5, 0.6) is 0 Å². The molecular formula is C10H19N5O2S2. The van der Waals surface area contributed by atoms with Crippen molar-refractivity contribution in [2.24, 2.45) is 5.14 Å². The van der Waals surface area contributed by atoms with Gasteiger partial charge in [-0.05, 0) is 0 Å². The first-order chi connectivity index (χ1) is 8.98. The lowest BCUT2D eigenvalue weighted by atomic mass is 10.3. The highest BCUT2D eigenvalue weighted by Crippen LogP contribution is 2.19. The van der Waals surface area contributed by atoms with Crippen molar-refractivity contribution in [1.29, 1.82) is 0 Å². The van der Waals surface area contributed by atoms with Crippen LogP contribution in [-0.4, -0.2) is 61.2 Å². The average Bonchev–Trinajstić information content (AvgIpc) is 2.85. The van der Waals surface area contributed by atoms with Crippen LogP contribution in [0.15, 0.2) is 0 Å². The van der Waals surface area contributed by atoms with E-state index in [2.05, 4.69) is 19.2 Å². The molecule has 1 saturated heterocycles. The average molecular weight is 305 g/mol. The smallest absolute Gasteiger partial charge is 0.210 e. The summed E-state index contributed by atoms with van der Waals surface area (Å²) < 4.78 is 26.1. The highest BCUT2D eigenvalue weighted by atomic mass is 32.2. The van der Waals surface area contributed by atoms with Gasteiger partial charge in [-0.25, -0.2) is 18.5 Å². The molecule has 7 nitrogen and oxygen atoms in total. The number of piperazine rings is 1. The first-order valence-corrected chi connectivity index (χ1v) is 8.77. The summed E-state index contributed by atoms with van der Waals surface area (Å²) in [5.41, 5.74) is 0. The molecule has 0 radical (unpaired) electrons. The number of hydrogen-bond acceptors (Lipinski definition) is 7. The highest BCUT2D eigenvalue weighted by Gasteiger charge is 2.20. The molecule has 19 heavy (non-hydrogen) atoms. The van der Waals surface area contributed by atoms with Crippen molar-refractivity contribution in [2.45, 2.75) is 13.3 Å². The second kappa shape index (κ2) is 6.12. The third-order valence-corrected chi connectivity index (χ3v) is 4.67. The second-order valence-corrected chi connectivity index (χ2v) is 7.01. The molecule has 0 saturated carbocycles. The van der Waals surface area contributed by atoms with Gasteiger partial charge in [-0.15, -0.1) is 0 Å². The van der Waals surface area contributed by atoms with Gasteiger partial charge in [0.2, 0.25) is 15.2 Å². The van der Waals surface area contributed by atoms with Crippen molar-refractivity contribution < 1.29 is 8.42 Å². The summed E-state index contributed by atoms with van der Waals surface area (Å²) in [5.74, 6) is 0.905. The largest absolute Gasteiger partial charge is 0.344 e. The summed E-state index contributed by atoms with van der Waals surface area (Å²) in [6.45, 7) is 5.90. The topological polar surface area (TPSA) is 92.4 Å². The zero-order chi connectivity index (χ0) is 13.9. The van der Waals surface area contributed by atoms with Crippen molar-refractivity contribution in [3.8, 4) is 0 Å². The molecular weight excluding hydrogens is 286 g/mol. The zero-order valence-corrected chi connectivity index (χ0v) is 12.6. The third-order valence-electron chi connectivity index (χ3n) is 3.11. The molecule has 0 amide bonds. The Labute approximate surface area is 117 Å². The molecule has 9 heteroatoms. The molecule has 0 unspecified atom stereocenters. The van der Waals surface area contributed by atoms with Crippen molar-refractivity contribution in [3.05, 3.63) is 5.82 Å². The number of nitrogens with two attached hydrogens (primary N) is 1. The van der Waals surface area contributed by atoms with E-state index in [1.165, 1.54) is 11.5 Å². The van der Waals surface area contributed by atoms with E-state index in [-0.39, 0.29) is 5.75 Å². The van der Waals surface area contributed by atoms with Crippen molar-refractivity contribution in [3.63, 3.8) is 0 Å². The van der Waals surface area contributed by atoms with Gasteiger partial charge in [0.1, 0.15) is 5.82 Å². The van der Waals surface area contributed by atoms with Gasteiger partial charge >= 0.3 is 0 Å². The molecule has 1 aliphatic rings. The summed E-state index contributed by atoms with van der Waals surface area (Å²) in [7, 11) is -3.36. The van der Waals surface area contributed by atoms with Crippen LogP contribution < -0.4 is 10.0 Å². The van der Waals surface area contributed by atoms with E-state index in [9.17, 15) is 8.42 Å². The standard InChI is InChI=1S/C10H19N5O2S2/c1-2-9-12-10(18-13-9)15-5-3-14(4-6-15)7-8-19(11,16)17/h2-8H2,1H3,(H2,11,16,17). The Morgan fingerprint density at radius 3 is 2.53 bits per heavy atom. The molecule has 0 aliphatic carbocycles. The van der Waals surface area contributed by atoms with Gasteiger partial charge < -0.3 is 4.90 Å². The number of hydrogen-bond donors (Lipinski definition) is 1. The minimum atomic E-state index is -3.36. The summed E-state index contributed by atoms with van der Waals surface area (Å²) in [6.07, 6.45) is 0.852. The summed E-state index contributed by atoms with van der Waals surface area (Å²) >= 11 is 1.43. The van der Waals surface area contributed by atoms with Crippen LogP contribution in [0.2, 0.25) is 0 Å². The Bertz CT molecular complexity index is 508. The molecule has 0 aromatic carbocycles. The lowest BCUT2D eigenvalue weighted by Crippen LogP contribution is -2.48. The van der Waals surface area contributed by atoms with E-state index in [1.807, 2.05) is 6.92 Å². The molecule has 2 heterocycles. The van der Waals surface area contributed by atoms with Crippen LogP contribution in [0.25, 0.3) is 0 Å². The van der Waals surface area contributed by atoms with Crippen LogP contribution in [0.1, 0.15) is 12.7 Å². The maximum atomic E-state index is 10.9. The Hall–Kier alpha value is -0.770. The maximum absolute atomic E-state index is 10.9. The molecule has 0 spiro atoms. The van der Waals surface area contributed by atoms with Gasteiger partial charge in [-0.1, -0.05) is 6.92 Å². The molecule has 108 valence electrons. The van der Waals surface area contributed by atoms with Crippen molar-refractivity contribution in [2.75, 3.05) is 43.4 Å². The fraction of sp³-hybridized carbons (Fsp3) is 0.800. The van der Waals surface area contributed by atoms with Gasteiger partial charge in [0.05, 0.1) is 5.75 Å². The maximum Gasteiger partial charge on any atom is 0.210 e. The first kappa shape index (κ1) is 14.6. The number of aromatic nitrogens is 2. The summed E-state index contributed by atoms with van der Waals surface area (Å²) in [6, 6.07) is 0. The fourth-order valence-corrected chi connectivity index (χ4v) is 3.25. The number of primary sulfonamides is 1. The third kappa shape index (κ3) is 4.37. The molecule has 1 aliphatic heterocycles. The molecule has 2 N–H and O–H groups in total. The van der Waals surface area contributed by atoms with Crippen LogP contribution in [0.3, 0.4) is 0 Å². The Morgan fingerprint density at radius 1 is 1.32 bits per heavy atom. The highest BCUT2D eigenvalue weighted by molar-refractivity contribution is 7.89. The quantitative estimate of drug-likeness (QED) is 0.789. The first-order valence-electron chi connectivity index (χ1n) is 6.28. The van der Waals surface area contributed by atoms with Gasteiger partial charge in [0.15, 0.2) is 0 Å². The molecule has 1 fully saturated rings. The van der Waals surface area contributed by atoms with E-state index in [4.69, 9.17) is 5.14 Å². The lowest BCUT2D eigenvalue weighted by Gasteiger charge is -2.34. The molecule has 1 aromatic heterocycles. The van der Waals surface area contributed by atoms with Crippen LogP contribution in [0, 0.1) is 0 Å². The van der Waals surface area contributed by atoms with Crippen LogP contribution in [-0.2, 0) is 16.4 Å². The number of anilines is 1. The van der Waals surface area contributed by atoms with Gasteiger partial charge in [-0.2, -0.15) is 4.37 Å². The minimum Gasteiger partial charge on any atom is -0.344 e. The predicted molar refractivity (Wildman–Crippen MR) is 75.9 cm³/mol. The number of rotatable bonds is 5.